The molecule has 8 nitrogen and oxygen atoms in total. The Bertz CT molecular complexity index is 858. The van der Waals surface area contributed by atoms with Gasteiger partial charge in [0, 0.05) is 25.2 Å². The van der Waals surface area contributed by atoms with Crippen LogP contribution in [0.4, 0.5) is 14.9 Å². The molecule has 1 fully saturated rings. The molecule has 2 amide bonds. The highest BCUT2D eigenvalue weighted by molar-refractivity contribution is 5.94. The highest BCUT2D eigenvalue weighted by Gasteiger charge is 2.47. The number of nitrogens with zero attached hydrogens (tertiary/aromatic N) is 2. The predicted molar refractivity (Wildman–Crippen MR) is 98.0 cm³/mol. The first-order valence-corrected chi connectivity index (χ1v) is 9.24. The predicted octanol–water partition coefficient (Wildman–Crippen LogP) is 0.00320. The van der Waals surface area contributed by atoms with E-state index in [1.165, 1.54) is 15.9 Å². The van der Waals surface area contributed by atoms with Gasteiger partial charge in [0.2, 0.25) is 0 Å². The number of anilines is 1. The maximum absolute atomic E-state index is 14.8. The van der Waals surface area contributed by atoms with Crippen molar-refractivity contribution in [1.82, 2.24) is 4.90 Å². The smallest absolute Gasteiger partial charge is 0.415 e. The van der Waals surface area contributed by atoms with Gasteiger partial charge in [-0.25, -0.2) is 9.18 Å². The van der Waals surface area contributed by atoms with Crippen LogP contribution in [0.3, 0.4) is 0 Å². The molecule has 4 rings (SSSR count). The largest absolute Gasteiger partial charge is 0.442 e. The summed E-state index contributed by atoms with van der Waals surface area (Å²) in [6, 6.07) is 2.91. The molecule has 0 aliphatic carbocycles. The fraction of sp³-hybridized carbons (Fsp3) is 0.474. The van der Waals surface area contributed by atoms with Crippen LogP contribution in [0, 0.1) is 5.82 Å². The molecular formula is C19H22FN3O5. The summed E-state index contributed by atoms with van der Waals surface area (Å²) in [6.45, 7) is 0.146. The van der Waals surface area contributed by atoms with Gasteiger partial charge in [0.1, 0.15) is 11.9 Å². The standard InChI is InChI=1S/C19H22FN3O5/c20-13-7-14-11(6-15-17(8-21)28-19(27)23(14)15)5-12(13)10-1-3-22(4-2-10)18(26)16(25)9-24/h1,5,7,15-17,24-25H,2-4,6,8-9,21H2/t15-,16?,17-/m0/s1. The van der Waals surface area contributed by atoms with E-state index in [0.29, 0.717) is 30.6 Å². The number of halogens is 1. The molecule has 0 radical (unpaired) electrons. The average Bonchev–Trinajstić information content (AvgIpc) is 3.23. The number of cyclic esters (lactones) is 1. The summed E-state index contributed by atoms with van der Waals surface area (Å²) in [5.41, 5.74) is 8.29. The first-order valence-electron chi connectivity index (χ1n) is 9.24. The third-order valence-electron chi connectivity index (χ3n) is 5.62. The van der Waals surface area contributed by atoms with Gasteiger partial charge in [-0.2, -0.15) is 0 Å². The number of carbonyl (C=O) groups excluding carboxylic acids is 2. The van der Waals surface area contributed by atoms with Gasteiger partial charge >= 0.3 is 6.09 Å². The summed E-state index contributed by atoms with van der Waals surface area (Å²) in [6.07, 6.45) is 0.397. The topological polar surface area (TPSA) is 116 Å². The van der Waals surface area contributed by atoms with Gasteiger partial charge in [-0.1, -0.05) is 6.08 Å². The van der Waals surface area contributed by atoms with E-state index in [2.05, 4.69) is 0 Å². The maximum Gasteiger partial charge on any atom is 0.415 e. The van der Waals surface area contributed by atoms with Crippen molar-refractivity contribution >= 4 is 23.3 Å². The lowest BCUT2D eigenvalue weighted by atomic mass is 9.95. The third kappa shape index (κ3) is 2.95. The number of hydrogen-bond donors (Lipinski definition) is 3. The second-order valence-corrected chi connectivity index (χ2v) is 7.22. The first-order chi connectivity index (χ1) is 13.4. The van der Waals surface area contributed by atoms with Gasteiger partial charge in [-0.05, 0) is 36.1 Å². The molecule has 3 atom stereocenters. The number of aliphatic hydroxyl groups is 2. The summed E-state index contributed by atoms with van der Waals surface area (Å²) < 4.78 is 20.1. The Balaban J connectivity index is 1.57. The number of carbonyl (C=O) groups is 2. The normalized spacial score (nSPS) is 24.6. The van der Waals surface area contributed by atoms with Gasteiger partial charge in [0.25, 0.3) is 5.91 Å². The Morgan fingerprint density at radius 3 is 2.86 bits per heavy atom. The molecule has 0 bridgehead atoms. The lowest BCUT2D eigenvalue weighted by Crippen LogP contribution is -2.42. The van der Waals surface area contributed by atoms with Crippen LogP contribution in [-0.4, -0.2) is 71.6 Å². The molecule has 0 spiro atoms. The summed E-state index contributed by atoms with van der Waals surface area (Å²) in [7, 11) is 0. The number of nitrogens with two attached hydrogens (primary N) is 1. The molecule has 1 aromatic carbocycles. The molecule has 3 aliphatic rings. The number of aliphatic hydroxyl groups excluding tert-OH is 2. The van der Waals surface area contributed by atoms with Crippen molar-refractivity contribution in [3.8, 4) is 0 Å². The van der Waals surface area contributed by atoms with Crippen molar-refractivity contribution in [1.29, 1.82) is 0 Å². The van der Waals surface area contributed by atoms with Crippen molar-refractivity contribution in [2.75, 3.05) is 31.1 Å². The van der Waals surface area contributed by atoms with Crippen LogP contribution in [0.1, 0.15) is 17.5 Å². The molecule has 3 heterocycles. The van der Waals surface area contributed by atoms with Crippen LogP contribution in [0.2, 0.25) is 0 Å². The lowest BCUT2D eigenvalue weighted by Gasteiger charge is -2.28. The molecule has 4 N–H and O–H groups in total. The minimum absolute atomic E-state index is 0.212. The number of fused-ring (bicyclic) bond motifs is 3. The van der Waals surface area contributed by atoms with Crippen molar-refractivity contribution in [3.05, 3.63) is 35.2 Å². The molecule has 9 heteroatoms. The van der Waals surface area contributed by atoms with Crippen LogP contribution >= 0.6 is 0 Å². The van der Waals surface area contributed by atoms with Crippen LogP contribution in [0.5, 0.6) is 0 Å². The van der Waals surface area contributed by atoms with Gasteiger partial charge < -0.3 is 25.6 Å². The fourth-order valence-electron chi connectivity index (χ4n) is 4.14. The fourth-order valence-corrected chi connectivity index (χ4v) is 4.14. The van der Waals surface area contributed by atoms with Crippen molar-refractivity contribution in [2.45, 2.75) is 31.1 Å². The highest BCUT2D eigenvalue weighted by Crippen LogP contribution is 2.41. The Hall–Kier alpha value is -2.49. The molecule has 1 saturated heterocycles. The Morgan fingerprint density at radius 2 is 2.21 bits per heavy atom. The molecule has 0 aromatic heterocycles. The quantitative estimate of drug-likeness (QED) is 0.666. The minimum atomic E-state index is -1.43. The highest BCUT2D eigenvalue weighted by atomic mass is 19.1. The molecule has 3 aliphatic heterocycles. The van der Waals surface area contributed by atoms with E-state index in [4.69, 9.17) is 15.6 Å². The second-order valence-electron chi connectivity index (χ2n) is 7.22. The van der Waals surface area contributed by atoms with Crippen molar-refractivity contribution in [3.63, 3.8) is 0 Å². The number of hydrogen-bond acceptors (Lipinski definition) is 6. The Labute approximate surface area is 161 Å². The third-order valence-corrected chi connectivity index (χ3v) is 5.62. The summed E-state index contributed by atoms with van der Waals surface area (Å²) >= 11 is 0. The summed E-state index contributed by atoms with van der Waals surface area (Å²) in [4.78, 5) is 27.0. The van der Waals surface area contributed by atoms with Crippen LogP contribution in [0.25, 0.3) is 5.57 Å². The average molecular weight is 391 g/mol. The van der Waals surface area contributed by atoms with E-state index in [0.717, 1.165) is 11.1 Å². The monoisotopic (exact) mass is 391 g/mol. The van der Waals surface area contributed by atoms with E-state index in [9.17, 15) is 19.1 Å². The maximum atomic E-state index is 14.8. The van der Waals surface area contributed by atoms with Crippen LogP contribution < -0.4 is 10.6 Å². The van der Waals surface area contributed by atoms with E-state index in [1.807, 2.05) is 0 Å². The molecule has 1 aromatic rings. The van der Waals surface area contributed by atoms with Gasteiger partial charge in [0.05, 0.1) is 18.3 Å². The van der Waals surface area contributed by atoms with E-state index in [1.54, 1.807) is 12.1 Å². The van der Waals surface area contributed by atoms with E-state index >= 15 is 0 Å². The van der Waals surface area contributed by atoms with Crippen LogP contribution in [0.15, 0.2) is 18.2 Å². The van der Waals surface area contributed by atoms with E-state index in [-0.39, 0.29) is 19.1 Å². The molecule has 0 saturated carbocycles. The number of amides is 2. The number of ether oxygens (including phenoxy) is 1. The molecule has 1 unspecified atom stereocenters. The zero-order chi connectivity index (χ0) is 20.0. The van der Waals surface area contributed by atoms with E-state index < -0.39 is 36.6 Å². The summed E-state index contributed by atoms with van der Waals surface area (Å²) in [5.74, 6) is -0.982. The Morgan fingerprint density at radius 1 is 1.43 bits per heavy atom. The lowest BCUT2D eigenvalue weighted by molar-refractivity contribution is -0.141. The zero-order valence-corrected chi connectivity index (χ0v) is 15.2. The first kappa shape index (κ1) is 18.9. The van der Waals surface area contributed by atoms with Gasteiger partial charge in [-0.15, -0.1) is 0 Å². The van der Waals surface area contributed by atoms with Crippen molar-refractivity contribution < 1.29 is 28.9 Å². The number of rotatable bonds is 4. The molecule has 28 heavy (non-hydrogen) atoms. The zero-order valence-electron chi connectivity index (χ0n) is 15.2. The number of benzene rings is 1. The Kier molecular flexibility index (Phi) is 4.82. The minimum Gasteiger partial charge on any atom is -0.442 e. The van der Waals surface area contributed by atoms with Gasteiger partial charge in [-0.3, -0.25) is 9.69 Å². The second kappa shape index (κ2) is 7.16. The summed E-state index contributed by atoms with van der Waals surface area (Å²) in [5, 5.41) is 18.4. The SMILES string of the molecule is NC[C@@H]1OC(=O)N2c3cc(F)c(C4=CCN(C(=O)C(O)CO)CC4)cc3C[C@@H]12. The van der Waals surface area contributed by atoms with Crippen molar-refractivity contribution in [2.24, 2.45) is 5.73 Å². The van der Waals surface area contributed by atoms with Crippen LogP contribution in [-0.2, 0) is 16.0 Å². The van der Waals surface area contributed by atoms with Gasteiger partial charge in [0.15, 0.2) is 6.10 Å². The molecule has 150 valence electrons. The molecular weight excluding hydrogens is 369 g/mol.